The summed E-state index contributed by atoms with van der Waals surface area (Å²) in [6.07, 6.45) is 15.8. The Kier molecular flexibility index (Phi) is 8.41. The Morgan fingerprint density at radius 3 is 2.32 bits per heavy atom. The fraction of sp³-hybridized carbons (Fsp3) is 0.538. The molecule has 2 heteroatoms. The molecule has 0 spiro atoms. The molecule has 1 aromatic carbocycles. The van der Waals surface area contributed by atoms with E-state index in [0.29, 0.717) is 0 Å². The highest BCUT2D eigenvalue weighted by Gasteiger charge is 2.30. The summed E-state index contributed by atoms with van der Waals surface area (Å²) in [4.78, 5) is 0. The van der Waals surface area contributed by atoms with Crippen molar-refractivity contribution in [3.63, 3.8) is 0 Å². The highest BCUT2D eigenvalue weighted by molar-refractivity contribution is 5.42. The molecule has 154 valence electrons. The molecule has 1 unspecified atom stereocenters. The van der Waals surface area contributed by atoms with E-state index in [0.717, 1.165) is 50.7 Å². The van der Waals surface area contributed by atoms with Gasteiger partial charge < -0.3 is 9.84 Å². The molecule has 0 amide bonds. The molecule has 0 fully saturated rings. The predicted molar refractivity (Wildman–Crippen MR) is 120 cm³/mol. The van der Waals surface area contributed by atoms with Crippen LogP contribution >= 0.6 is 0 Å². The van der Waals surface area contributed by atoms with Crippen molar-refractivity contribution in [1.29, 1.82) is 0 Å². The summed E-state index contributed by atoms with van der Waals surface area (Å²) >= 11 is 0. The number of phenolic OH excluding ortho intramolecular Hbond substituents is 1. The van der Waals surface area contributed by atoms with E-state index in [-0.39, 0.29) is 11.4 Å². The Balaban J connectivity index is 1.75. The summed E-state index contributed by atoms with van der Waals surface area (Å²) in [6.45, 7) is 11.0. The maximum absolute atomic E-state index is 9.70. The van der Waals surface area contributed by atoms with Crippen molar-refractivity contribution < 1.29 is 9.84 Å². The van der Waals surface area contributed by atoms with Gasteiger partial charge in [0.1, 0.15) is 17.1 Å². The minimum atomic E-state index is -0.140. The van der Waals surface area contributed by atoms with Crippen molar-refractivity contribution in [2.45, 2.75) is 91.6 Å². The molecule has 0 aromatic heterocycles. The first-order valence-electron chi connectivity index (χ1n) is 10.7. The molecule has 1 N–H and O–H groups in total. The Hall–Kier alpha value is -1.96. The van der Waals surface area contributed by atoms with E-state index in [1.165, 1.54) is 28.7 Å². The van der Waals surface area contributed by atoms with Gasteiger partial charge in [-0.2, -0.15) is 0 Å². The van der Waals surface area contributed by atoms with Crippen LogP contribution in [0.3, 0.4) is 0 Å². The molecule has 0 aliphatic carbocycles. The number of rotatable bonds is 9. The number of allylic oxidation sites excluding steroid dienone is 6. The summed E-state index contributed by atoms with van der Waals surface area (Å²) in [5.41, 5.74) is 5.43. The molecular formula is C26H38O2. The Morgan fingerprint density at radius 1 is 1.00 bits per heavy atom. The topological polar surface area (TPSA) is 29.5 Å². The molecule has 1 aliphatic rings. The number of aryl methyl sites for hydroxylation is 1. The molecule has 2 rings (SSSR count). The van der Waals surface area contributed by atoms with E-state index in [9.17, 15) is 5.11 Å². The highest BCUT2D eigenvalue weighted by Crippen LogP contribution is 2.37. The van der Waals surface area contributed by atoms with Crippen LogP contribution in [-0.2, 0) is 6.42 Å². The quantitative estimate of drug-likeness (QED) is 0.444. The van der Waals surface area contributed by atoms with Gasteiger partial charge in [-0.15, -0.1) is 0 Å². The second-order valence-electron chi connectivity index (χ2n) is 8.84. The number of aromatic hydroxyl groups is 1. The number of fused-ring (bicyclic) bond motifs is 1. The van der Waals surface area contributed by atoms with Gasteiger partial charge in [-0.25, -0.2) is 0 Å². The second kappa shape index (κ2) is 10.5. The summed E-state index contributed by atoms with van der Waals surface area (Å²) in [5.74, 6) is 1.13. The zero-order valence-corrected chi connectivity index (χ0v) is 18.5. The maximum Gasteiger partial charge on any atom is 0.127 e. The zero-order chi connectivity index (χ0) is 20.6. The largest absolute Gasteiger partial charge is 0.508 e. The van der Waals surface area contributed by atoms with Gasteiger partial charge in [0, 0.05) is 6.07 Å². The number of benzene rings is 1. The standard InChI is InChI=1S/C26H38O2/c1-20(2)9-6-10-21(3)11-7-12-22(4)13-8-17-26(5)18-16-23-14-15-24(27)19-25(23)28-26/h9,11,13-15,19,27H,6-8,10,12,16-18H2,1-5H3/b21-11+,22-13+. The van der Waals surface area contributed by atoms with Crippen LogP contribution in [0.25, 0.3) is 0 Å². The third kappa shape index (κ3) is 7.58. The van der Waals surface area contributed by atoms with Crippen molar-refractivity contribution in [3.05, 3.63) is 58.7 Å². The van der Waals surface area contributed by atoms with Crippen LogP contribution in [0.4, 0.5) is 0 Å². The van der Waals surface area contributed by atoms with Gasteiger partial charge in [0.15, 0.2) is 0 Å². The predicted octanol–water partition coefficient (Wildman–Crippen LogP) is 7.68. The third-order valence-corrected chi connectivity index (χ3v) is 5.62. The average Bonchev–Trinajstić information content (AvgIpc) is 2.61. The smallest absolute Gasteiger partial charge is 0.127 e. The molecule has 0 saturated heterocycles. The minimum absolute atomic E-state index is 0.140. The van der Waals surface area contributed by atoms with Gasteiger partial charge in [0.2, 0.25) is 0 Å². The molecule has 0 saturated carbocycles. The molecule has 0 bridgehead atoms. The van der Waals surface area contributed by atoms with Gasteiger partial charge in [-0.05, 0) is 97.6 Å². The molecule has 1 heterocycles. The lowest BCUT2D eigenvalue weighted by molar-refractivity contribution is 0.0569. The van der Waals surface area contributed by atoms with Gasteiger partial charge in [-0.3, -0.25) is 0 Å². The van der Waals surface area contributed by atoms with Crippen molar-refractivity contribution in [1.82, 2.24) is 0 Å². The second-order valence-corrected chi connectivity index (χ2v) is 8.84. The molecule has 1 atom stereocenters. The molecular weight excluding hydrogens is 344 g/mol. The lowest BCUT2D eigenvalue weighted by atomic mass is 9.88. The number of hydrogen-bond donors (Lipinski definition) is 1. The van der Waals surface area contributed by atoms with Crippen molar-refractivity contribution in [2.75, 3.05) is 0 Å². The zero-order valence-electron chi connectivity index (χ0n) is 18.5. The normalized spacial score (nSPS) is 19.8. The summed E-state index contributed by atoms with van der Waals surface area (Å²) in [6, 6.07) is 5.47. The molecule has 0 radical (unpaired) electrons. The fourth-order valence-corrected chi connectivity index (χ4v) is 3.70. The highest BCUT2D eigenvalue weighted by atomic mass is 16.5. The first-order valence-corrected chi connectivity index (χ1v) is 10.7. The molecule has 1 aliphatic heterocycles. The molecule has 28 heavy (non-hydrogen) atoms. The van der Waals surface area contributed by atoms with Gasteiger partial charge >= 0.3 is 0 Å². The maximum atomic E-state index is 9.70. The van der Waals surface area contributed by atoms with Crippen LogP contribution in [0.5, 0.6) is 11.5 Å². The van der Waals surface area contributed by atoms with Crippen LogP contribution in [0.15, 0.2) is 53.1 Å². The van der Waals surface area contributed by atoms with E-state index in [4.69, 9.17) is 4.74 Å². The van der Waals surface area contributed by atoms with Gasteiger partial charge in [0.25, 0.3) is 0 Å². The summed E-state index contributed by atoms with van der Waals surface area (Å²) in [7, 11) is 0. The number of ether oxygens (including phenoxy) is 1. The lowest BCUT2D eigenvalue weighted by Gasteiger charge is -2.35. The molecule has 1 aromatic rings. The van der Waals surface area contributed by atoms with E-state index in [2.05, 4.69) is 52.8 Å². The van der Waals surface area contributed by atoms with Crippen LogP contribution in [-0.4, -0.2) is 10.7 Å². The van der Waals surface area contributed by atoms with Crippen LogP contribution in [0, 0.1) is 0 Å². The van der Waals surface area contributed by atoms with E-state index >= 15 is 0 Å². The summed E-state index contributed by atoms with van der Waals surface area (Å²) < 4.78 is 6.25. The van der Waals surface area contributed by atoms with Crippen LogP contribution < -0.4 is 4.74 Å². The van der Waals surface area contributed by atoms with Crippen molar-refractivity contribution in [2.24, 2.45) is 0 Å². The van der Waals surface area contributed by atoms with Gasteiger partial charge in [-0.1, -0.05) is 41.0 Å². The third-order valence-electron chi connectivity index (χ3n) is 5.62. The molecule has 2 nitrogen and oxygen atoms in total. The van der Waals surface area contributed by atoms with Crippen molar-refractivity contribution in [3.8, 4) is 11.5 Å². The number of phenols is 1. The monoisotopic (exact) mass is 382 g/mol. The Labute approximate surface area is 172 Å². The van der Waals surface area contributed by atoms with E-state index < -0.39 is 0 Å². The Bertz CT molecular complexity index is 735. The van der Waals surface area contributed by atoms with Gasteiger partial charge in [0.05, 0.1) is 0 Å². The first-order chi connectivity index (χ1) is 13.3. The SMILES string of the molecule is CC(C)=CCC/C(C)=C/CC/C(C)=C/CCC1(C)CCc2ccc(O)cc2O1. The fourth-order valence-electron chi connectivity index (χ4n) is 3.70. The Morgan fingerprint density at radius 2 is 1.64 bits per heavy atom. The van der Waals surface area contributed by atoms with E-state index in [1.807, 2.05) is 6.07 Å². The van der Waals surface area contributed by atoms with Crippen LogP contribution in [0.1, 0.15) is 85.1 Å². The van der Waals surface area contributed by atoms with Crippen LogP contribution in [0.2, 0.25) is 0 Å². The number of hydrogen-bond acceptors (Lipinski definition) is 2. The van der Waals surface area contributed by atoms with Crippen molar-refractivity contribution >= 4 is 0 Å². The average molecular weight is 383 g/mol. The first kappa shape index (κ1) is 22.3. The summed E-state index contributed by atoms with van der Waals surface area (Å²) in [5, 5.41) is 9.70. The van der Waals surface area contributed by atoms with E-state index in [1.54, 1.807) is 12.1 Å². The minimum Gasteiger partial charge on any atom is -0.508 e. The lowest BCUT2D eigenvalue weighted by Crippen LogP contribution is -2.36.